The van der Waals surface area contributed by atoms with Crippen LogP contribution in [-0.2, 0) is 0 Å². The number of piperidine rings is 1. The molecule has 1 aliphatic heterocycles. The van der Waals surface area contributed by atoms with E-state index >= 15 is 0 Å². The molecule has 12 heavy (non-hydrogen) atoms. The zero-order valence-electron chi connectivity index (χ0n) is 7.59. The van der Waals surface area contributed by atoms with E-state index in [1.54, 1.807) is 0 Å². The number of aliphatic hydroxyl groups is 1. The van der Waals surface area contributed by atoms with E-state index in [1.165, 1.54) is 12.8 Å². The van der Waals surface area contributed by atoms with Crippen molar-refractivity contribution in [2.75, 3.05) is 12.4 Å². The van der Waals surface area contributed by atoms with Gasteiger partial charge in [0.15, 0.2) is 0 Å². The Balaban J connectivity index is 2.22. The largest absolute Gasteiger partial charge is 0.392 e. The van der Waals surface area contributed by atoms with E-state index in [9.17, 15) is 5.11 Å². The molecule has 1 saturated heterocycles. The van der Waals surface area contributed by atoms with Gasteiger partial charge in [0.05, 0.1) is 6.10 Å². The lowest BCUT2D eigenvalue weighted by molar-refractivity contribution is 0.156. The van der Waals surface area contributed by atoms with Crippen LogP contribution in [0.15, 0.2) is 0 Å². The summed E-state index contributed by atoms with van der Waals surface area (Å²) in [5, 5.41) is 12.7. The van der Waals surface area contributed by atoms with Crippen molar-refractivity contribution in [1.82, 2.24) is 5.32 Å². The summed E-state index contributed by atoms with van der Waals surface area (Å²) in [4.78, 5) is 0. The van der Waals surface area contributed by atoms with E-state index in [1.807, 2.05) is 0 Å². The molecule has 0 aromatic heterocycles. The molecular weight excluding hydrogens is 174 g/mol. The monoisotopic (exact) mass is 191 g/mol. The molecular formula is C9H18ClNO. The Morgan fingerprint density at radius 2 is 2.42 bits per heavy atom. The van der Waals surface area contributed by atoms with Gasteiger partial charge in [-0.05, 0) is 31.7 Å². The molecule has 0 saturated carbocycles. The quantitative estimate of drug-likeness (QED) is 0.661. The standard InChI is InChI=1S/C9H18ClNO/c1-7-2-3-11-8(4-7)5-9(12)6-10/h7-9,11-12H,2-6H2,1H3. The molecule has 0 aliphatic carbocycles. The third kappa shape index (κ3) is 3.30. The average molecular weight is 192 g/mol. The first kappa shape index (κ1) is 10.3. The van der Waals surface area contributed by atoms with Crippen molar-refractivity contribution in [2.24, 2.45) is 5.92 Å². The predicted octanol–water partition coefficient (Wildman–Crippen LogP) is 1.36. The molecule has 0 aromatic carbocycles. The Morgan fingerprint density at radius 1 is 1.67 bits per heavy atom. The molecule has 1 heterocycles. The van der Waals surface area contributed by atoms with Gasteiger partial charge in [-0.25, -0.2) is 0 Å². The number of nitrogens with one attached hydrogen (secondary N) is 1. The maximum absolute atomic E-state index is 9.32. The molecule has 3 heteroatoms. The van der Waals surface area contributed by atoms with Crippen molar-refractivity contribution < 1.29 is 5.11 Å². The molecule has 3 atom stereocenters. The van der Waals surface area contributed by atoms with Gasteiger partial charge in [-0.3, -0.25) is 0 Å². The van der Waals surface area contributed by atoms with Crippen molar-refractivity contribution in [2.45, 2.75) is 38.3 Å². The molecule has 72 valence electrons. The molecule has 2 N–H and O–H groups in total. The number of hydrogen-bond donors (Lipinski definition) is 2. The van der Waals surface area contributed by atoms with E-state index in [-0.39, 0.29) is 6.10 Å². The molecule has 1 aliphatic rings. The number of halogens is 1. The SMILES string of the molecule is CC1CCNC(CC(O)CCl)C1. The van der Waals surface area contributed by atoms with Crippen LogP contribution in [0.25, 0.3) is 0 Å². The minimum absolute atomic E-state index is 0.338. The fourth-order valence-corrected chi connectivity index (χ4v) is 1.92. The van der Waals surface area contributed by atoms with Crippen LogP contribution in [0.1, 0.15) is 26.2 Å². The van der Waals surface area contributed by atoms with Gasteiger partial charge in [-0.15, -0.1) is 11.6 Å². The summed E-state index contributed by atoms with van der Waals surface area (Å²) in [5.74, 6) is 1.14. The highest BCUT2D eigenvalue weighted by atomic mass is 35.5. The molecule has 0 amide bonds. The van der Waals surface area contributed by atoms with E-state index < -0.39 is 0 Å². The molecule has 0 spiro atoms. The lowest BCUT2D eigenvalue weighted by Gasteiger charge is -2.29. The highest BCUT2D eigenvalue weighted by Gasteiger charge is 2.20. The van der Waals surface area contributed by atoms with Gasteiger partial charge >= 0.3 is 0 Å². The minimum Gasteiger partial charge on any atom is -0.392 e. The third-order valence-electron chi connectivity index (χ3n) is 2.49. The number of rotatable bonds is 3. The van der Waals surface area contributed by atoms with Crippen molar-refractivity contribution in [3.05, 3.63) is 0 Å². The molecule has 1 rings (SSSR count). The maximum atomic E-state index is 9.32. The van der Waals surface area contributed by atoms with Crippen LogP contribution < -0.4 is 5.32 Å². The zero-order chi connectivity index (χ0) is 8.97. The van der Waals surface area contributed by atoms with Crippen molar-refractivity contribution >= 4 is 11.6 Å². The molecule has 0 radical (unpaired) electrons. The lowest BCUT2D eigenvalue weighted by atomic mass is 9.91. The van der Waals surface area contributed by atoms with Gasteiger partial charge in [-0.1, -0.05) is 6.92 Å². The normalized spacial score (nSPS) is 33.2. The number of aliphatic hydroxyl groups excluding tert-OH is 1. The maximum Gasteiger partial charge on any atom is 0.0690 e. The van der Waals surface area contributed by atoms with Crippen LogP contribution in [0, 0.1) is 5.92 Å². The second-order valence-electron chi connectivity index (χ2n) is 3.82. The summed E-state index contributed by atoms with van der Waals surface area (Å²) < 4.78 is 0. The highest BCUT2D eigenvalue weighted by Crippen LogP contribution is 2.18. The third-order valence-corrected chi connectivity index (χ3v) is 2.85. The fraction of sp³-hybridized carbons (Fsp3) is 1.00. The number of alkyl halides is 1. The van der Waals surface area contributed by atoms with Crippen LogP contribution in [-0.4, -0.2) is 29.7 Å². The topological polar surface area (TPSA) is 32.3 Å². The molecule has 0 bridgehead atoms. The Morgan fingerprint density at radius 3 is 3.00 bits per heavy atom. The van der Waals surface area contributed by atoms with Crippen LogP contribution in [0.3, 0.4) is 0 Å². The summed E-state index contributed by atoms with van der Waals surface area (Å²) in [7, 11) is 0. The summed E-state index contributed by atoms with van der Waals surface area (Å²) in [6.45, 7) is 3.35. The van der Waals surface area contributed by atoms with Crippen molar-refractivity contribution in [3.63, 3.8) is 0 Å². The van der Waals surface area contributed by atoms with Gasteiger partial charge in [0.2, 0.25) is 0 Å². The second-order valence-corrected chi connectivity index (χ2v) is 4.13. The smallest absolute Gasteiger partial charge is 0.0690 e. The molecule has 1 fully saturated rings. The van der Waals surface area contributed by atoms with Crippen LogP contribution >= 0.6 is 11.6 Å². The Labute approximate surface area is 79.3 Å². The summed E-state index contributed by atoms with van der Waals surface area (Å²) in [6.07, 6.45) is 2.89. The van der Waals surface area contributed by atoms with Crippen molar-refractivity contribution in [1.29, 1.82) is 0 Å². The van der Waals surface area contributed by atoms with E-state index in [2.05, 4.69) is 12.2 Å². The number of hydrogen-bond acceptors (Lipinski definition) is 2. The van der Waals surface area contributed by atoms with Gasteiger partial charge in [-0.2, -0.15) is 0 Å². The Hall–Kier alpha value is 0.210. The van der Waals surface area contributed by atoms with Gasteiger partial charge in [0.1, 0.15) is 0 Å². The lowest BCUT2D eigenvalue weighted by Crippen LogP contribution is -2.39. The van der Waals surface area contributed by atoms with Gasteiger partial charge in [0, 0.05) is 11.9 Å². The first-order valence-electron chi connectivity index (χ1n) is 4.69. The molecule has 2 nitrogen and oxygen atoms in total. The van der Waals surface area contributed by atoms with Crippen LogP contribution in [0.4, 0.5) is 0 Å². The van der Waals surface area contributed by atoms with Gasteiger partial charge in [0.25, 0.3) is 0 Å². The highest BCUT2D eigenvalue weighted by molar-refractivity contribution is 6.18. The minimum atomic E-state index is -0.338. The first-order valence-corrected chi connectivity index (χ1v) is 5.23. The Bertz CT molecular complexity index is 132. The van der Waals surface area contributed by atoms with Crippen LogP contribution in [0.2, 0.25) is 0 Å². The predicted molar refractivity (Wildman–Crippen MR) is 51.5 cm³/mol. The van der Waals surface area contributed by atoms with Crippen molar-refractivity contribution in [3.8, 4) is 0 Å². The molecule has 3 unspecified atom stereocenters. The van der Waals surface area contributed by atoms with Crippen LogP contribution in [0.5, 0.6) is 0 Å². The average Bonchev–Trinajstić information content (AvgIpc) is 2.04. The van der Waals surface area contributed by atoms with E-state index in [0.717, 1.165) is 18.9 Å². The summed E-state index contributed by atoms with van der Waals surface area (Å²) in [5.41, 5.74) is 0. The first-order chi connectivity index (χ1) is 5.72. The zero-order valence-corrected chi connectivity index (χ0v) is 8.35. The van der Waals surface area contributed by atoms with E-state index in [0.29, 0.717) is 11.9 Å². The molecule has 0 aromatic rings. The summed E-state index contributed by atoms with van der Waals surface area (Å²) in [6, 6.07) is 0.475. The van der Waals surface area contributed by atoms with Gasteiger partial charge < -0.3 is 10.4 Å². The summed E-state index contributed by atoms with van der Waals surface area (Å²) >= 11 is 5.53. The van der Waals surface area contributed by atoms with E-state index in [4.69, 9.17) is 11.6 Å². The second kappa shape index (κ2) is 5.05. The fourth-order valence-electron chi connectivity index (χ4n) is 1.79. The Kier molecular flexibility index (Phi) is 4.33.